The van der Waals surface area contributed by atoms with Crippen LogP contribution in [0, 0.1) is 6.92 Å². The molecule has 0 aliphatic heterocycles. The lowest BCUT2D eigenvalue weighted by atomic mass is 10.1. The Morgan fingerprint density at radius 3 is 2.61 bits per heavy atom. The Kier molecular flexibility index (Phi) is 4.15. The SMILES string of the molecule is Cc1ccc(CN=Cc2cc(Br)ccc2O)cc1. The molecule has 0 radical (unpaired) electrons. The minimum absolute atomic E-state index is 0.242. The first-order valence-corrected chi connectivity index (χ1v) is 6.48. The molecule has 0 saturated carbocycles. The fourth-order valence-electron chi connectivity index (χ4n) is 1.57. The molecule has 2 aromatic rings. The second kappa shape index (κ2) is 5.83. The average Bonchev–Trinajstić information content (AvgIpc) is 2.36. The molecule has 0 bridgehead atoms. The number of hydrogen-bond donors (Lipinski definition) is 1. The maximum Gasteiger partial charge on any atom is 0.124 e. The Balaban J connectivity index is 2.07. The summed E-state index contributed by atoms with van der Waals surface area (Å²) in [4.78, 5) is 4.34. The maximum absolute atomic E-state index is 9.66. The van der Waals surface area contributed by atoms with Crippen molar-refractivity contribution in [2.24, 2.45) is 4.99 Å². The van der Waals surface area contributed by atoms with Crippen LogP contribution in [-0.2, 0) is 6.54 Å². The predicted octanol–water partition coefficient (Wildman–Crippen LogP) is 4.08. The number of aliphatic imine (C=N–C) groups is 1. The monoisotopic (exact) mass is 303 g/mol. The van der Waals surface area contributed by atoms with Gasteiger partial charge in [-0.15, -0.1) is 0 Å². The third-order valence-electron chi connectivity index (χ3n) is 2.61. The van der Waals surface area contributed by atoms with Gasteiger partial charge in [-0.2, -0.15) is 0 Å². The van der Waals surface area contributed by atoms with Gasteiger partial charge < -0.3 is 5.11 Å². The summed E-state index contributed by atoms with van der Waals surface area (Å²) in [7, 11) is 0. The van der Waals surface area contributed by atoms with Crippen molar-refractivity contribution < 1.29 is 5.11 Å². The van der Waals surface area contributed by atoms with Crippen molar-refractivity contribution in [3.63, 3.8) is 0 Å². The molecule has 2 nitrogen and oxygen atoms in total. The van der Waals surface area contributed by atoms with Crippen LogP contribution >= 0.6 is 15.9 Å². The Labute approximate surface area is 115 Å². The predicted molar refractivity (Wildman–Crippen MR) is 78.3 cm³/mol. The van der Waals surface area contributed by atoms with Gasteiger partial charge in [0.25, 0.3) is 0 Å². The second-order valence-corrected chi connectivity index (χ2v) is 5.07. The van der Waals surface area contributed by atoms with Gasteiger partial charge in [0.1, 0.15) is 5.75 Å². The summed E-state index contributed by atoms with van der Waals surface area (Å²) >= 11 is 3.37. The zero-order chi connectivity index (χ0) is 13.0. The molecule has 2 aromatic carbocycles. The Hall–Kier alpha value is -1.61. The van der Waals surface area contributed by atoms with Gasteiger partial charge in [-0.1, -0.05) is 45.8 Å². The summed E-state index contributed by atoms with van der Waals surface area (Å²) in [6.45, 7) is 2.68. The topological polar surface area (TPSA) is 32.6 Å². The van der Waals surface area contributed by atoms with Gasteiger partial charge >= 0.3 is 0 Å². The summed E-state index contributed by atoms with van der Waals surface area (Å²) in [5, 5.41) is 9.66. The van der Waals surface area contributed by atoms with Crippen molar-refractivity contribution in [2.75, 3.05) is 0 Å². The number of aryl methyl sites for hydroxylation is 1. The normalized spacial score (nSPS) is 11.0. The minimum atomic E-state index is 0.242. The summed E-state index contributed by atoms with van der Waals surface area (Å²) in [6, 6.07) is 13.6. The highest BCUT2D eigenvalue weighted by molar-refractivity contribution is 9.10. The lowest BCUT2D eigenvalue weighted by Crippen LogP contribution is -1.86. The maximum atomic E-state index is 9.66. The Morgan fingerprint density at radius 2 is 1.89 bits per heavy atom. The quantitative estimate of drug-likeness (QED) is 0.851. The first-order chi connectivity index (χ1) is 8.65. The van der Waals surface area contributed by atoms with E-state index in [4.69, 9.17) is 0 Å². The largest absolute Gasteiger partial charge is 0.507 e. The molecule has 92 valence electrons. The van der Waals surface area contributed by atoms with Crippen LogP contribution in [0.1, 0.15) is 16.7 Å². The lowest BCUT2D eigenvalue weighted by Gasteiger charge is -2.00. The molecular formula is C15H14BrNO. The first-order valence-electron chi connectivity index (χ1n) is 5.69. The third-order valence-corrected chi connectivity index (χ3v) is 3.11. The molecular weight excluding hydrogens is 290 g/mol. The molecule has 0 saturated heterocycles. The molecule has 0 heterocycles. The van der Waals surface area contributed by atoms with Crippen molar-refractivity contribution in [3.05, 3.63) is 63.6 Å². The molecule has 0 spiro atoms. The van der Waals surface area contributed by atoms with E-state index in [0.29, 0.717) is 6.54 Å². The summed E-state index contributed by atoms with van der Waals surface area (Å²) in [6.07, 6.45) is 1.69. The van der Waals surface area contributed by atoms with E-state index in [1.54, 1.807) is 18.3 Å². The highest BCUT2D eigenvalue weighted by Gasteiger charge is 1.98. The number of hydrogen-bond acceptors (Lipinski definition) is 2. The summed E-state index contributed by atoms with van der Waals surface area (Å²) < 4.78 is 0.928. The summed E-state index contributed by atoms with van der Waals surface area (Å²) in [5.41, 5.74) is 3.12. The van der Waals surface area contributed by atoms with E-state index in [2.05, 4.69) is 52.1 Å². The zero-order valence-corrected chi connectivity index (χ0v) is 11.7. The molecule has 3 heteroatoms. The van der Waals surface area contributed by atoms with Crippen molar-refractivity contribution >= 4 is 22.1 Å². The van der Waals surface area contributed by atoms with E-state index >= 15 is 0 Å². The van der Waals surface area contributed by atoms with E-state index in [9.17, 15) is 5.11 Å². The fraction of sp³-hybridized carbons (Fsp3) is 0.133. The molecule has 0 aromatic heterocycles. The number of phenols is 1. The average molecular weight is 304 g/mol. The lowest BCUT2D eigenvalue weighted by molar-refractivity contribution is 0.474. The van der Waals surface area contributed by atoms with Gasteiger partial charge in [0.2, 0.25) is 0 Å². The van der Waals surface area contributed by atoms with Crippen LogP contribution in [0.3, 0.4) is 0 Å². The molecule has 0 amide bonds. The van der Waals surface area contributed by atoms with Gasteiger partial charge in [-0.05, 0) is 30.7 Å². The van der Waals surface area contributed by atoms with Crippen LogP contribution in [0.5, 0.6) is 5.75 Å². The number of aromatic hydroxyl groups is 1. The number of rotatable bonds is 3. The van der Waals surface area contributed by atoms with Crippen molar-refractivity contribution in [2.45, 2.75) is 13.5 Å². The zero-order valence-electron chi connectivity index (χ0n) is 10.1. The highest BCUT2D eigenvalue weighted by Crippen LogP contribution is 2.20. The van der Waals surface area contributed by atoms with Crippen LogP contribution in [0.2, 0.25) is 0 Å². The molecule has 18 heavy (non-hydrogen) atoms. The van der Waals surface area contributed by atoms with Gasteiger partial charge in [-0.25, -0.2) is 0 Å². The van der Waals surface area contributed by atoms with Crippen LogP contribution < -0.4 is 0 Å². The van der Waals surface area contributed by atoms with Crippen molar-refractivity contribution in [1.29, 1.82) is 0 Å². The standard InChI is InChI=1S/C15H14BrNO/c1-11-2-4-12(5-3-11)9-17-10-13-8-14(16)6-7-15(13)18/h2-8,10,18H,9H2,1H3. The van der Waals surface area contributed by atoms with Crippen LogP contribution in [0.15, 0.2) is 51.9 Å². The van der Waals surface area contributed by atoms with E-state index in [0.717, 1.165) is 15.6 Å². The fourth-order valence-corrected chi connectivity index (χ4v) is 1.95. The van der Waals surface area contributed by atoms with E-state index in [1.165, 1.54) is 5.56 Å². The Morgan fingerprint density at radius 1 is 1.17 bits per heavy atom. The Bertz CT molecular complexity index is 561. The minimum Gasteiger partial charge on any atom is -0.507 e. The second-order valence-electron chi connectivity index (χ2n) is 4.16. The molecule has 0 fully saturated rings. The number of benzene rings is 2. The highest BCUT2D eigenvalue weighted by atomic mass is 79.9. The first kappa shape index (κ1) is 12.8. The summed E-state index contributed by atoms with van der Waals surface area (Å²) in [5.74, 6) is 0.242. The van der Waals surface area contributed by atoms with Crippen LogP contribution in [0.25, 0.3) is 0 Å². The molecule has 0 unspecified atom stereocenters. The van der Waals surface area contributed by atoms with Gasteiger partial charge in [0.15, 0.2) is 0 Å². The number of nitrogens with zero attached hydrogens (tertiary/aromatic N) is 1. The van der Waals surface area contributed by atoms with Crippen molar-refractivity contribution in [3.8, 4) is 5.75 Å². The number of halogens is 1. The van der Waals surface area contributed by atoms with Gasteiger partial charge in [0.05, 0.1) is 6.54 Å². The van der Waals surface area contributed by atoms with E-state index in [-0.39, 0.29) is 5.75 Å². The van der Waals surface area contributed by atoms with E-state index in [1.807, 2.05) is 6.07 Å². The molecule has 0 aliphatic rings. The van der Waals surface area contributed by atoms with Gasteiger partial charge in [0, 0.05) is 16.3 Å². The third kappa shape index (κ3) is 3.44. The molecule has 1 N–H and O–H groups in total. The van der Waals surface area contributed by atoms with Crippen molar-refractivity contribution in [1.82, 2.24) is 0 Å². The molecule has 2 rings (SSSR count). The van der Waals surface area contributed by atoms with Crippen LogP contribution in [0.4, 0.5) is 0 Å². The molecule has 0 atom stereocenters. The van der Waals surface area contributed by atoms with E-state index < -0.39 is 0 Å². The smallest absolute Gasteiger partial charge is 0.124 e. The van der Waals surface area contributed by atoms with Gasteiger partial charge in [-0.3, -0.25) is 4.99 Å². The molecule has 0 aliphatic carbocycles. The van der Waals surface area contributed by atoms with Crippen LogP contribution in [-0.4, -0.2) is 11.3 Å². The number of phenolic OH excluding ortho intramolecular Hbond substituents is 1.